The van der Waals surface area contributed by atoms with Crippen LogP contribution in [0, 0.1) is 0 Å². The first-order chi connectivity index (χ1) is 31.5. The number of hydrogen-bond acceptors (Lipinski definition) is 2. The summed E-state index contributed by atoms with van der Waals surface area (Å²) in [4.78, 5) is 2.53. The van der Waals surface area contributed by atoms with Crippen molar-refractivity contribution in [1.82, 2.24) is 0 Å². The fourth-order valence-corrected chi connectivity index (χ4v) is 11.5. The van der Waals surface area contributed by atoms with Gasteiger partial charge in [0.25, 0.3) is 0 Å². The second kappa shape index (κ2) is 13.8. The predicted octanol–water partition coefficient (Wildman–Crippen LogP) is 16.5. The average molecular weight is 818 g/mol. The third-order valence-electron chi connectivity index (χ3n) is 14.4. The molecule has 0 saturated heterocycles. The van der Waals surface area contributed by atoms with Gasteiger partial charge >= 0.3 is 0 Å². The van der Waals surface area contributed by atoms with E-state index in [0.717, 1.165) is 55.5 Å². The van der Waals surface area contributed by atoms with Crippen molar-refractivity contribution < 1.29 is 4.42 Å². The molecule has 2 aliphatic carbocycles. The van der Waals surface area contributed by atoms with Crippen LogP contribution in [0.4, 0.5) is 17.1 Å². The molecule has 0 fully saturated rings. The van der Waals surface area contributed by atoms with Gasteiger partial charge in [0.2, 0.25) is 0 Å². The molecule has 302 valence electrons. The predicted molar refractivity (Wildman–Crippen MR) is 266 cm³/mol. The van der Waals surface area contributed by atoms with Crippen LogP contribution in [0.15, 0.2) is 229 Å². The third-order valence-corrected chi connectivity index (χ3v) is 14.4. The van der Waals surface area contributed by atoms with Crippen molar-refractivity contribution in [3.63, 3.8) is 0 Å². The molecule has 0 saturated carbocycles. The SMILES string of the molecule is CC1(C)c2ccccc2-c2ccc(N(c3ccccc3-c3cccc4c3oc3c5ccccc5ccc43)c3cccc4c3-c3ccccc3C4(c3ccccc3)c3ccccc3)cc21. The first-order valence-corrected chi connectivity index (χ1v) is 22.3. The van der Waals surface area contributed by atoms with Crippen molar-refractivity contribution in [3.8, 4) is 33.4 Å². The van der Waals surface area contributed by atoms with Crippen LogP contribution < -0.4 is 4.90 Å². The molecular weight excluding hydrogens is 775 g/mol. The van der Waals surface area contributed by atoms with Crippen LogP contribution in [0.25, 0.3) is 66.1 Å². The second-order valence-corrected chi connectivity index (χ2v) is 17.9. The highest BCUT2D eigenvalue weighted by atomic mass is 16.3. The van der Waals surface area contributed by atoms with E-state index in [2.05, 4.69) is 243 Å². The van der Waals surface area contributed by atoms with Crippen molar-refractivity contribution in [2.45, 2.75) is 24.7 Å². The zero-order chi connectivity index (χ0) is 42.6. The van der Waals surface area contributed by atoms with E-state index in [-0.39, 0.29) is 5.41 Å². The van der Waals surface area contributed by atoms with Gasteiger partial charge in [0.15, 0.2) is 0 Å². The zero-order valence-electron chi connectivity index (χ0n) is 35.7. The summed E-state index contributed by atoms with van der Waals surface area (Å²) in [6.07, 6.45) is 0. The lowest BCUT2D eigenvalue weighted by Crippen LogP contribution is -2.28. The van der Waals surface area contributed by atoms with Crippen LogP contribution in [0.5, 0.6) is 0 Å². The molecule has 1 aromatic heterocycles. The summed E-state index contributed by atoms with van der Waals surface area (Å²) in [6, 6.07) is 82.8. The van der Waals surface area contributed by atoms with Crippen molar-refractivity contribution >= 4 is 49.8 Å². The highest BCUT2D eigenvalue weighted by Crippen LogP contribution is 2.60. The first kappa shape index (κ1) is 36.7. The Morgan fingerprint density at radius 1 is 0.359 bits per heavy atom. The van der Waals surface area contributed by atoms with E-state index in [1.54, 1.807) is 0 Å². The van der Waals surface area contributed by atoms with E-state index in [4.69, 9.17) is 4.42 Å². The molecule has 0 bridgehead atoms. The van der Waals surface area contributed by atoms with Gasteiger partial charge in [0.05, 0.1) is 16.8 Å². The Hall–Kier alpha value is -7.94. The van der Waals surface area contributed by atoms with Gasteiger partial charge in [0.1, 0.15) is 11.2 Å². The maximum Gasteiger partial charge on any atom is 0.143 e. The molecule has 2 nitrogen and oxygen atoms in total. The molecule has 10 aromatic carbocycles. The van der Waals surface area contributed by atoms with Crippen LogP contribution in [0.2, 0.25) is 0 Å². The van der Waals surface area contributed by atoms with Crippen molar-refractivity contribution in [1.29, 1.82) is 0 Å². The fourth-order valence-electron chi connectivity index (χ4n) is 11.5. The van der Waals surface area contributed by atoms with Crippen LogP contribution in [-0.2, 0) is 10.8 Å². The summed E-state index contributed by atoms with van der Waals surface area (Å²) in [5.41, 5.74) is 19.4. The molecule has 0 amide bonds. The number of hydrogen-bond donors (Lipinski definition) is 0. The molecule has 1 heterocycles. The van der Waals surface area contributed by atoms with Gasteiger partial charge in [-0.15, -0.1) is 0 Å². The summed E-state index contributed by atoms with van der Waals surface area (Å²) < 4.78 is 7.05. The number of para-hydroxylation sites is 2. The summed E-state index contributed by atoms with van der Waals surface area (Å²) in [7, 11) is 0. The van der Waals surface area contributed by atoms with Gasteiger partial charge in [0, 0.05) is 44.0 Å². The molecule has 11 aromatic rings. The lowest BCUT2D eigenvalue weighted by atomic mass is 9.68. The number of rotatable bonds is 6. The summed E-state index contributed by atoms with van der Waals surface area (Å²) in [5.74, 6) is 0. The Bertz CT molecular complexity index is 3610. The Labute approximate surface area is 373 Å². The van der Waals surface area contributed by atoms with Gasteiger partial charge in [-0.3, -0.25) is 0 Å². The van der Waals surface area contributed by atoms with E-state index in [1.165, 1.54) is 61.0 Å². The van der Waals surface area contributed by atoms with Crippen molar-refractivity contribution in [2.24, 2.45) is 0 Å². The number of anilines is 3. The van der Waals surface area contributed by atoms with E-state index in [9.17, 15) is 0 Å². The Balaban J connectivity index is 1.12. The normalized spacial score (nSPS) is 14.0. The standard InChI is InChI=1S/C62H43NO/c1-61(2)52-30-14-11-25-45(52)46-38-36-43(39-55(46)61)63(56-33-16-13-26-47(56)48-28-17-29-49-50-37-35-40-19-9-10-24-44(40)59(50)64-60(48)49)57-34-18-32-54-58(57)51-27-12-15-31-53(51)62(54,41-20-5-3-6-21-41)42-22-7-4-8-23-42/h3-39H,1-2H3. The largest absolute Gasteiger partial charge is 0.455 e. The second-order valence-electron chi connectivity index (χ2n) is 17.9. The maximum atomic E-state index is 7.05. The lowest BCUT2D eigenvalue weighted by molar-refractivity contribution is 0.660. The van der Waals surface area contributed by atoms with E-state index >= 15 is 0 Å². The number of nitrogens with zero attached hydrogens (tertiary/aromatic N) is 1. The first-order valence-electron chi connectivity index (χ1n) is 22.3. The third kappa shape index (κ3) is 5.02. The molecular formula is C62H43NO. The summed E-state index contributed by atoms with van der Waals surface area (Å²) in [5, 5.41) is 4.53. The van der Waals surface area contributed by atoms with Gasteiger partial charge in [-0.25, -0.2) is 0 Å². The zero-order valence-corrected chi connectivity index (χ0v) is 35.7. The summed E-state index contributed by atoms with van der Waals surface area (Å²) >= 11 is 0. The molecule has 2 aliphatic rings. The van der Waals surface area contributed by atoms with Crippen molar-refractivity contribution in [2.75, 3.05) is 4.90 Å². The highest BCUT2D eigenvalue weighted by Gasteiger charge is 2.47. The molecule has 0 radical (unpaired) electrons. The topological polar surface area (TPSA) is 16.4 Å². The Morgan fingerprint density at radius 3 is 1.72 bits per heavy atom. The van der Waals surface area contributed by atoms with E-state index in [1.807, 2.05) is 0 Å². The Kier molecular flexibility index (Phi) is 7.90. The quantitative estimate of drug-likeness (QED) is 0.166. The van der Waals surface area contributed by atoms with Crippen LogP contribution in [0.3, 0.4) is 0 Å². The molecule has 13 rings (SSSR count). The van der Waals surface area contributed by atoms with Crippen molar-refractivity contribution in [3.05, 3.63) is 258 Å². The molecule has 0 N–H and O–H groups in total. The monoisotopic (exact) mass is 817 g/mol. The lowest BCUT2D eigenvalue weighted by Gasteiger charge is -2.35. The van der Waals surface area contributed by atoms with Gasteiger partial charge in [-0.05, 0) is 85.8 Å². The van der Waals surface area contributed by atoms with E-state index in [0.29, 0.717) is 0 Å². The van der Waals surface area contributed by atoms with Gasteiger partial charge in [-0.1, -0.05) is 208 Å². The van der Waals surface area contributed by atoms with E-state index < -0.39 is 5.41 Å². The minimum absolute atomic E-state index is 0.184. The number of benzene rings is 10. The minimum Gasteiger partial charge on any atom is -0.455 e. The minimum atomic E-state index is -0.542. The molecule has 0 unspecified atom stereocenters. The van der Waals surface area contributed by atoms with Gasteiger partial charge in [-0.2, -0.15) is 0 Å². The average Bonchev–Trinajstić information content (AvgIpc) is 3.97. The van der Waals surface area contributed by atoms with Crippen LogP contribution in [-0.4, -0.2) is 0 Å². The smallest absolute Gasteiger partial charge is 0.143 e. The molecule has 2 heteroatoms. The number of furan rings is 1. The maximum absolute atomic E-state index is 7.05. The van der Waals surface area contributed by atoms with Gasteiger partial charge < -0.3 is 9.32 Å². The number of fused-ring (bicyclic) bond motifs is 11. The molecule has 0 spiro atoms. The van der Waals surface area contributed by atoms with Crippen LogP contribution >= 0.6 is 0 Å². The fraction of sp³-hybridized carbons (Fsp3) is 0.0645. The molecule has 64 heavy (non-hydrogen) atoms. The van der Waals surface area contributed by atoms with Crippen LogP contribution in [0.1, 0.15) is 47.2 Å². The molecule has 0 aliphatic heterocycles. The Morgan fingerprint density at radius 2 is 0.922 bits per heavy atom. The molecule has 0 atom stereocenters. The summed E-state index contributed by atoms with van der Waals surface area (Å²) in [6.45, 7) is 4.74. The highest BCUT2D eigenvalue weighted by molar-refractivity contribution is 6.18.